The van der Waals surface area contributed by atoms with Crippen LogP contribution in [-0.2, 0) is 11.2 Å². The van der Waals surface area contributed by atoms with Gasteiger partial charge in [-0.2, -0.15) is 8.75 Å². The zero-order chi connectivity index (χ0) is 8.39. The van der Waals surface area contributed by atoms with Crippen molar-refractivity contribution in [3.63, 3.8) is 0 Å². The molecule has 0 amide bonds. The number of nitrogens with zero attached hydrogens (tertiary/aromatic N) is 2. The summed E-state index contributed by atoms with van der Waals surface area (Å²) in [7, 11) is 0. The SMILES string of the molecule is O=C1CCCC1Cc1cnsn1. The molecular weight excluding hydrogens is 172 g/mol. The molecule has 1 atom stereocenters. The van der Waals surface area contributed by atoms with Crippen LogP contribution in [0.15, 0.2) is 6.20 Å². The van der Waals surface area contributed by atoms with Gasteiger partial charge in [-0.25, -0.2) is 0 Å². The fraction of sp³-hybridized carbons (Fsp3) is 0.625. The Kier molecular flexibility index (Phi) is 2.17. The van der Waals surface area contributed by atoms with Crippen molar-refractivity contribution < 1.29 is 4.79 Å². The number of carbonyl (C=O) groups is 1. The molecule has 0 bridgehead atoms. The Morgan fingerprint density at radius 1 is 1.67 bits per heavy atom. The molecule has 1 saturated carbocycles. The van der Waals surface area contributed by atoms with Gasteiger partial charge in [0.1, 0.15) is 5.78 Å². The molecule has 1 aliphatic rings. The van der Waals surface area contributed by atoms with Crippen LogP contribution in [-0.4, -0.2) is 14.5 Å². The van der Waals surface area contributed by atoms with Gasteiger partial charge in [-0.3, -0.25) is 4.79 Å². The van der Waals surface area contributed by atoms with Gasteiger partial charge in [-0.1, -0.05) is 0 Å². The molecule has 0 spiro atoms. The average Bonchev–Trinajstić information content (AvgIpc) is 2.65. The number of rotatable bonds is 2. The van der Waals surface area contributed by atoms with E-state index in [0.717, 1.165) is 31.4 Å². The van der Waals surface area contributed by atoms with Crippen molar-refractivity contribution in [1.29, 1.82) is 0 Å². The van der Waals surface area contributed by atoms with Crippen LogP contribution in [0.25, 0.3) is 0 Å². The van der Waals surface area contributed by atoms with Crippen LogP contribution >= 0.6 is 11.7 Å². The highest BCUT2D eigenvalue weighted by Crippen LogP contribution is 2.24. The molecule has 1 unspecified atom stereocenters. The molecule has 1 aromatic heterocycles. The van der Waals surface area contributed by atoms with E-state index in [2.05, 4.69) is 8.75 Å². The first-order chi connectivity index (χ1) is 5.86. The number of ketones is 1. The number of hydrogen-bond donors (Lipinski definition) is 0. The minimum atomic E-state index is 0.230. The largest absolute Gasteiger partial charge is 0.299 e. The van der Waals surface area contributed by atoms with E-state index in [0.29, 0.717) is 5.78 Å². The lowest BCUT2D eigenvalue weighted by Gasteiger charge is -2.02. The summed E-state index contributed by atoms with van der Waals surface area (Å²) in [4.78, 5) is 11.3. The molecule has 0 aliphatic heterocycles. The molecule has 2 rings (SSSR count). The van der Waals surface area contributed by atoms with Crippen molar-refractivity contribution in [2.75, 3.05) is 0 Å². The lowest BCUT2D eigenvalue weighted by molar-refractivity contribution is -0.120. The molecule has 0 saturated heterocycles. The first-order valence-corrected chi connectivity index (χ1v) is 4.88. The minimum Gasteiger partial charge on any atom is -0.299 e. The summed E-state index contributed by atoms with van der Waals surface area (Å²) in [6, 6.07) is 0. The molecule has 4 heteroatoms. The third kappa shape index (κ3) is 1.53. The van der Waals surface area contributed by atoms with E-state index < -0.39 is 0 Å². The molecule has 3 nitrogen and oxygen atoms in total. The monoisotopic (exact) mass is 182 g/mol. The van der Waals surface area contributed by atoms with Crippen LogP contribution in [0.3, 0.4) is 0 Å². The van der Waals surface area contributed by atoms with E-state index in [9.17, 15) is 4.79 Å². The van der Waals surface area contributed by atoms with E-state index in [1.807, 2.05) is 0 Å². The van der Waals surface area contributed by atoms with Crippen molar-refractivity contribution in [3.8, 4) is 0 Å². The maximum Gasteiger partial charge on any atom is 0.136 e. The Morgan fingerprint density at radius 3 is 3.17 bits per heavy atom. The van der Waals surface area contributed by atoms with Crippen LogP contribution in [0.4, 0.5) is 0 Å². The second-order valence-corrected chi connectivity index (χ2v) is 3.72. The zero-order valence-electron chi connectivity index (χ0n) is 6.69. The zero-order valence-corrected chi connectivity index (χ0v) is 7.51. The fourth-order valence-corrected chi connectivity index (χ4v) is 2.07. The van der Waals surface area contributed by atoms with Crippen molar-refractivity contribution in [2.45, 2.75) is 25.7 Å². The fourth-order valence-electron chi connectivity index (χ4n) is 1.63. The van der Waals surface area contributed by atoms with Crippen LogP contribution in [0, 0.1) is 5.92 Å². The van der Waals surface area contributed by atoms with Gasteiger partial charge in [0.05, 0.1) is 23.6 Å². The molecule has 64 valence electrons. The van der Waals surface area contributed by atoms with E-state index in [-0.39, 0.29) is 5.92 Å². The second-order valence-electron chi connectivity index (χ2n) is 3.16. The molecule has 1 aromatic rings. The third-order valence-electron chi connectivity index (χ3n) is 2.29. The van der Waals surface area contributed by atoms with Crippen LogP contribution in [0.5, 0.6) is 0 Å². The van der Waals surface area contributed by atoms with E-state index in [4.69, 9.17) is 0 Å². The third-order valence-corrected chi connectivity index (χ3v) is 2.81. The van der Waals surface area contributed by atoms with Gasteiger partial charge in [0.25, 0.3) is 0 Å². The minimum absolute atomic E-state index is 0.230. The predicted molar refractivity (Wildman–Crippen MR) is 46.0 cm³/mol. The highest BCUT2D eigenvalue weighted by molar-refractivity contribution is 6.99. The van der Waals surface area contributed by atoms with E-state index >= 15 is 0 Å². The summed E-state index contributed by atoms with van der Waals surface area (Å²) < 4.78 is 8.00. The summed E-state index contributed by atoms with van der Waals surface area (Å²) in [6.07, 6.45) is 5.42. The van der Waals surface area contributed by atoms with E-state index in [1.54, 1.807) is 6.20 Å². The predicted octanol–water partition coefficient (Wildman–Crippen LogP) is 1.45. The molecule has 1 heterocycles. The van der Waals surface area contributed by atoms with Crippen LogP contribution in [0.1, 0.15) is 25.0 Å². The highest BCUT2D eigenvalue weighted by Gasteiger charge is 2.24. The average molecular weight is 182 g/mol. The van der Waals surface area contributed by atoms with Crippen LogP contribution < -0.4 is 0 Å². The first-order valence-electron chi connectivity index (χ1n) is 4.15. The maximum absolute atomic E-state index is 11.3. The molecule has 0 N–H and O–H groups in total. The van der Waals surface area contributed by atoms with Gasteiger partial charge in [-0.15, -0.1) is 0 Å². The van der Waals surface area contributed by atoms with Gasteiger partial charge in [0.15, 0.2) is 0 Å². The van der Waals surface area contributed by atoms with Gasteiger partial charge < -0.3 is 0 Å². The quantitative estimate of drug-likeness (QED) is 0.695. The highest BCUT2D eigenvalue weighted by atomic mass is 32.1. The van der Waals surface area contributed by atoms with Crippen molar-refractivity contribution in [3.05, 3.63) is 11.9 Å². The smallest absolute Gasteiger partial charge is 0.136 e. The number of carbonyl (C=O) groups excluding carboxylic acids is 1. The summed E-state index contributed by atoms with van der Waals surface area (Å²) in [5.41, 5.74) is 0.972. The summed E-state index contributed by atoms with van der Waals surface area (Å²) in [5.74, 6) is 0.636. The topological polar surface area (TPSA) is 42.9 Å². The van der Waals surface area contributed by atoms with Gasteiger partial charge in [0, 0.05) is 18.8 Å². The molecule has 1 fully saturated rings. The number of aromatic nitrogens is 2. The van der Waals surface area contributed by atoms with E-state index in [1.165, 1.54) is 11.7 Å². The summed E-state index contributed by atoms with van der Waals surface area (Å²) in [6.45, 7) is 0. The Morgan fingerprint density at radius 2 is 2.58 bits per heavy atom. The number of hydrogen-bond acceptors (Lipinski definition) is 4. The Balaban J connectivity index is 1.99. The summed E-state index contributed by atoms with van der Waals surface area (Å²) in [5, 5.41) is 0. The standard InChI is InChI=1S/C8H10N2OS/c11-8-3-1-2-6(8)4-7-5-9-12-10-7/h5-6H,1-4H2. The molecule has 12 heavy (non-hydrogen) atoms. The molecular formula is C8H10N2OS. The molecule has 1 aliphatic carbocycles. The summed E-state index contributed by atoms with van der Waals surface area (Å²) >= 11 is 1.21. The Hall–Kier alpha value is -0.770. The van der Waals surface area contributed by atoms with Crippen molar-refractivity contribution in [1.82, 2.24) is 8.75 Å². The maximum atomic E-state index is 11.3. The normalized spacial score (nSPS) is 23.3. The van der Waals surface area contributed by atoms with Gasteiger partial charge in [-0.05, 0) is 12.8 Å². The van der Waals surface area contributed by atoms with Crippen molar-refractivity contribution >= 4 is 17.5 Å². The first kappa shape index (κ1) is 7.86. The van der Waals surface area contributed by atoms with Gasteiger partial charge >= 0.3 is 0 Å². The Bertz CT molecular complexity index is 271. The molecule has 0 aromatic carbocycles. The lowest BCUT2D eigenvalue weighted by Crippen LogP contribution is -2.09. The van der Waals surface area contributed by atoms with Crippen molar-refractivity contribution in [2.24, 2.45) is 5.92 Å². The Labute approximate surface area is 75.1 Å². The lowest BCUT2D eigenvalue weighted by atomic mass is 10.0. The second kappa shape index (κ2) is 3.31. The molecule has 0 radical (unpaired) electrons. The number of Topliss-reactive ketones (excluding diaryl/α,β-unsaturated/α-hetero) is 1. The van der Waals surface area contributed by atoms with Gasteiger partial charge in [0.2, 0.25) is 0 Å². The van der Waals surface area contributed by atoms with Crippen LogP contribution in [0.2, 0.25) is 0 Å².